The van der Waals surface area contributed by atoms with Gasteiger partial charge in [0.15, 0.2) is 0 Å². The lowest BCUT2D eigenvalue weighted by molar-refractivity contribution is -0.119. The molecule has 2 nitrogen and oxygen atoms in total. The van der Waals surface area contributed by atoms with Crippen molar-refractivity contribution in [2.45, 2.75) is 78.7 Å². The van der Waals surface area contributed by atoms with Crippen molar-refractivity contribution in [3.8, 4) is 0 Å². The van der Waals surface area contributed by atoms with Gasteiger partial charge in [0.2, 0.25) is 0 Å². The van der Waals surface area contributed by atoms with Crippen molar-refractivity contribution >= 4 is 6.29 Å². The summed E-state index contributed by atoms with van der Waals surface area (Å²) >= 11 is 0. The highest BCUT2D eigenvalue weighted by molar-refractivity contribution is 5.61. The first-order chi connectivity index (χ1) is 9.62. The first-order valence-corrected chi connectivity index (χ1v) is 8.52. The zero-order valence-corrected chi connectivity index (χ0v) is 14.4. The highest BCUT2D eigenvalue weighted by Gasteiger charge is 2.49. The van der Waals surface area contributed by atoms with Gasteiger partial charge < -0.3 is 9.90 Å². The van der Waals surface area contributed by atoms with Crippen LogP contribution in [0.25, 0.3) is 0 Å². The van der Waals surface area contributed by atoms with Crippen LogP contribution < -0.4 is 0 Å². The van der Waals surface area contributed by atoms with Crippen molar-refractivity contribution in [1.82, 2.24) is 0 Å². The number of rotatable bonds is 4. The SMILES string of the molecule is C[C@@H]1CC[C@H]2C(=CCC[C@]2(C)C=O)[C@@]1(C)CCC(C)(C)O. The van der Waals surface area contributed by atoms with Gasteiger partial charge in [-0.3, -0.25) is 0 Å². The van der Waals surface area contributed by atoms with Crippen LogP contribution in [0, 0.1) is 22.7 Å². The largest absolute Gasteiger partial charge is 0.390 e. The van der Waals surface area contributed by atoms with E-state index < -0.39 is 5.60 Å². The zero-order valence-electron chi connectivity index (χ0n) is 14.4. The van der Waals surface area contributed by atoms with Gasteiger partial charge in [0.25, 0.3) is 0 Å². The van der Waals surface area contributed by atoms with Crippen LogP contribution >= 0.6 is 0 Å². The predicted octanol–water partition coefficient (Wildman–Crippen LogP) is 4.52. The molecule has 0 aliphatic heterocycles. The van der Waals surface area contributed by atoms with E-state index in [1.54, 1.807) is 0 Å². The second-order valence-electron chi connectivity index (χ2n) is 8.58. The molecule has 0 heterocycles. The van der Waals surface area contributed by atoms with Gasteiger partial charge in [0.1, 0.15) is 6.29 Å². The molecule has 0 aromatic heterocycles. The van der Waals surface area contributed by atoms with Gasteiger partial charge in [0, 0.05) is 5.41 Å². The molecule has 2 aliphatic rings. The van der Waals surface area contributed by atoms with Gasteiger partial charge in [-0.15, -0.1) is 0 Å². The van der Waals surface area contributed by atoms with Crippen molar-refractivity contribution in [2.24, 2.45) is 22.7 Å². The van der Waals surface area contributed by atoms with Gasteiger partial charge in [-0.25, -0.2) is 0 Å². The third-order valence-corrected chi connectivity index (χ3v) is 6.38. The maximum absolute atomic E-state index is 11.7. The Bertz CT molecular complexity index is 431. The Hall–Kier alpha value is -0.630. The maximum Gasteiger partial charge on any atom is 0.126 e. The molecule has 0 unspecified atom stereocenters. The Morgan fingerprint density at radius 1 is 1.38 bits per heavy atom. The Labute approximate surface area is 130 Å². The van der Waals surface area contributed by atoms with E-state index in [2.05, 4.69) is 26.8 Å². The Morgan fingerprint density at radius 3 is 2.62 bits per heavy atom. The molecule has 0 radical (unpaired) electrons. The third-order valence-electron chi connectivity index (χ3n) is 6.38. The van der Waals surface area contributed by atoms with Crippen LogP contribution in [-0.4, -0.2) is 17.0 Å². The van der Waals surface area contributed by atoms with E-state index in [4.69, 9.17) is 0 Å². The lowest BCUT2D eigenvalue weighted by atomic mass is 9.52. The smallest absolute Gasteiger partial charge is 0.126 e. The highest BCUT2D eigenvalue weighted by atomic mass is 16.3. The minimum absolute atomic E-state index is 0.133. The van der Waals surface area contributed by atoms with Crippen molar-refractivity contribution < 1.29 is 9.90 Å². The number of carbonyl (C=O) groups is 1. The minimum Gasteiger partial charge on any atom is -0.390 e. The number of hydrogen-bond acceptors (Lipinski definition) is 2. The van der Waals surface area contributed by atoms with E-state index in [-0.39, 0.29) is 10.8 Å². The summed E-state index contributed by atoms with van der Waals surface area (Å²) in [4.78, 5) is 11.7. The topological polar surface area (TPSA) is 37.3 Å². The molecule has 0 aromatic carbocycles. The fraction of sp³-hybridized carbons (Fsp3) is 0.842. The number of aliphatic hydroxyl groups is 1. The number of carbonyl (C=O) groups excluding carboxylic acids is 1. The molecular weight excluding hydrogens is 260 g/mol. The molecule has 1 N–H and O–H groups in total. The first-order valence-electron chi connectivity index (χ1n) is 8.52. The Morgan fingerprint density at radius 2 is 2.05 bits per heavy atom. The van der Waals surface area contributed by atoms with Crippen LogP contribution in [0.2, 0.25) is 0 Å². The van der Waals surface area contributed by atoms with Crippen LogP contribution in [-0.2, 0) is 4.79 Å². The molecule has 4 atom stereocenters. The zero-order chi connectivity index (χ0) is 15.9. The second-order valence-corrected chi connectivity index (χ2v) is 8.58. The molecular formula is C19H32O2. The quantitative estimate of drug-likeness (QED) is 0.611. The van der Waals surface area contributed by atoms with E-state index in [1.165, 1.54) is 18.3 Å². The molecule has 0 bridgehead atoms. The Balaban J connectivity index is 2.31. The van der Waals surface area contributed by atoms with E-state index in [1.807, 2.05) is 13.8 Å². The monoisotopic (exact) mass is 292 g/mol. The fourth-order valence-electron chi connectivity index (χ4n) is 4.44. The van der Waals surface area contributed by atoms with E-state index in [0.29, 0.717) is 11.8 Å². The lowest BCUT2D eigenvalue weighted by Gasteiger charge is -2.52. The summed E-state index contributed by atoms with van der Waals surface area (Å²) in [6.07, 6.45) is 9.78. The molecule has 2 heteroatoms. The van der Waals surface area contributed by atoms with Crippen LogP contribution in [0.1, 0.15) is 73.1 Å². The molecule has 0 aromatic rings. The summed E-state index contributed by atoms with van der Waals surface area (Å²) in [7, 11) is 0. The van der Waals surface area contributed by atoms with Crippen LogP contribution in [0.15, 0.2) is 11.6 Å². The molecule has 2 rings (SSSR count). The summed E-state index contributed by atoms with van der Waals surface area (Å²) in [5, 5.41) is 10.1. The molecule has 21 heavy (non-hydrogen) atoms. The lowest BCUT2D eigenvalue weighted by Crippen LogP contribution is -2.45. The molecule has 1 fully saturated rings. The molecule has 0 spiro atoms. The minimum atomic E-state index is -0.612. The Kier molecular flexibility index (Phi) is 4.41. The molecule has 0 amide bonds. The van der Waals surface area contributed by atoms with E-state index in [9.17, 15) is 9.90 Å². The van der Waals surface area contributed by atoms with Gasteiger partial charge in [0.05, 0.1) is 5.60 Å². The normalized spacial score (nSPS) is 40.4. The molecule has 0 saturated heterocycles. The van der Waals surface area contributed by atoms with Gasteiger partial charge in [-0.05, 0) is 69.6 Å². The standard InChI is InChI=1S/C19H32O2/c1-14-8-9-15-16(7-6-10-18(15,4)13-20)19(14,5)12-11-17(2,3)21/h7,13-15,21H,6,8-12H2,1-5H3/t14-,15+,18-,19+/m1/s1. The molecule has 2 aliphatic carbocycles. The number of aldehydes is 1. The average molecular weight is 292 g/mol. The van der Waals surface area contributed by atoms with Gasteiger partial charge in [-0.2, -0.15) is 0 Å². The average Bonchev–Trinajstić information content (AvgIpc) is 2.41. The highest BCUT2D eigenvalue weighted by Crippen LogP contribution is 2.57. The predicted molar refractivity (Wildman–Crippen MR) is 87.0 cm³/mol. The fourth-order valence-corrected chi connectivity index (χ4v) is 4.44. The van der Waals surface area contributed by atoms with Crippen LogP contribution in [0.4, 0.5) is 0 Å². The molecule has 120 valence electrons. The van der Waals surface area contributed by atoms with Crippen molar-refractivity contribution in [2.75, 3.05) is 0 Å². The maximum atomic E-state index is 11.7. The van der Waals surface area contributed by atoms with Gasteiger partial charge >= 0.3 is 0 Å². The summed E-state index contributed by atoms with van der Waals surface area (Å²) in [6.45, 7) is 10.6. The summed E-state index contributed by atoms with van der Waals surface area (Å²) in [5.41, 5.74) is 0.846. The second kappa shape index (κ2) is 5.53. The van der Waals surface area contributed by atoms with Crippen molar-refractivity contribution in [3.05, 3.63) is 11.6 Å². The van der Waals surface area contributed by atoms with E-state index >= 15 is 0 Å². The number of fused-ring (bicyclic) bond motifs is 1. The van der Waals surface area contributed by atoms with Crippen LogP contribution in [0.3, 0.4) is 0 Å². The summed E-state index contributed by atoms with van der Waals surface area (Å²) < 4.78 is 0. The van der Waals surface area contributed by atoms with Crippen molar-refractivity contribution in [3.63, 3.8) is 0 Å². The third kappa shape index (κ3) is 3.11. The molecule has 1 saturated carbocycles. The van der Waals surface area contributed by atoms with E-state index in [0.717, 1.165) is 32.1 Å². The summed E-state index contributed by atoms with van der Waals surface area (Å²) in [5.74, 6) is 1.03. The van der Waals surface area contributed by atoms with Crippen molar-refractivity contribution in [1.29, 1.82) is 0 Å². The number of allylic oxidation sites excluding steroid dienone is 2. The number of hydrogen-bond donors (Lipinski definition) is 1. The van der Waals surface area contributed by atoms with Gasteiger partial charge in [-0.1, -0.05) is 32.4 Å². The van der Waals surface area contributed by atoms with Crippen LogP contribution in [0.5, 0.6) is 0 Å². The summed E-state index contributed by atoms with van der Waals surface area (Å²) in [6, 6.07) is 0. The first kappa shape index (κ1) is 16.7.